The van der Waals surface area contributed by atoms with Crippen molar-refractivity contribution < 1.29 is 38.0 Å². The molecule has 2 bridgehead atoms. The van der Waals surface area contributed by atoms with E-state index in [9.17, 15) is 8.42 Å². The number of fused-ring (bicyclic) bond motifs is 3. The van der Waals surface area contributed by atoms with Crippen LogP contribution in [0, 0.1) is 42.4 Å². The van der Waals surface area contributed by atoms with Crippen molar-refractivity contribution in [2.24, 2.45) is 40.6 Å². The monoisotopic (exact) mass is 324 g/mol. The van der Waals surface area contributed by atoms with Crippen molar-refractivity contribution in [3.63, 3.8) is 0 Å². The van der Waals surface area contributed by atoms with E-state index < -0.39 is 10.0 Å². The summed E-state index contributed by atoms with van der Waals surface area (Å²) in [6, 6.07) is 6.79. The summed E-state index contributed by atoms with van der Waals surface area (Å²) in [6.07, 6.45) is 2.57. The van der Waals surface area contributed by atoms with E-state index in [1.54, 1.807) is 24.3 Å². The molecule has 4 saturated carbocycles. The van der Waals surface area contributed by atoms with Crippen LogP contribution in [0.25, 0.3) is 4.83 Å². The number of rotatable bonds is 3. The Morgan fingerprint density at radius 2 is 1.86 bits per heavy atom. The quantitative estimate of drug-likeness (QED) is 0.578. The maximum atomic E-state index is 12.2. The molecule has 0 heterocycles. The maximum Gasteiger partial charge on any atom is 1.00 e. The molecule has 4 aliphatic rings. The van der Waals surface area contributed by atoms with Crippen LogP contribution in [0.2, 0.25) is 0 Å². The van der Waals surface area contributed by atoms with Crippen LogP contribution in [0.3, 0.4) is 0 Å². The fraction of sp³-hybridized carbons (Fsp3) is 0.562. The zero-order chi connectivity index (χ0) is 14.4. The Labute approximate surface area is 153 Å². The van der Waals surface area contributed by atoms with Gasteiger partial charge in [-0.05, 0) is 61.5 Å². The van der Waals surface area contributed by atoms with Gasteiger partial charge in [0.15, 0.2) is 0 Å². The van der Waals surface area contributed by atoms with Gasteiger partial charge in [0, 0.05) is 11.6 Å². The predicted molar refractivity (Wildman–Crippen MR) is 79.3 cm³/mol. The van der Waals surface area contributed by atoms with E-state index in [2.05, 4.69) is 9.93 Å². The molecule has 4 nitrogen and oxygen atoms in total. The number of hydrogen-bond acceptors (Lipinski definition) is 3. The molecule has 110 valence electrons. The zero-order valence-corrected chi connectivity index (χ0v) is 15.6. The van der Waals surface area contributed by atoms with Gasteiger partial charge in [-0.2, -0.15) is 0 Å². The molecule has 0 aliphatic heterocycles. The van der Waals surface area contributed by atoms with Gasteiger partial charge in [0.1, 0.15) is 10.0 Å². The Balaban J connectivity index is 0.00000125. The van der Waals surface area contributed by atoms with Gasteiger partial charge >= 0.3 is 29.6 Å². The smallest absolute Gasteiger partial charge is 0.491 e. The van der Waals surface area contributed by atoms with Crippen LogP contribution in [-0.2, 0) is 10.0 Å². The number of aryl methyl sites for hydroxylation is 1. The third-order valence-corrected chi connectivity index (χ3v) is 7.29. The molecule has 0 aromatic heterocycles. The summed E-state index contributed by atoms with van der Waals surface area (Å²) in [6.45, 7) is 1.93. The van der Waals surface area contributed by atoms with Crippen molar-refractivity contribution >= 4 is 15.7 Å². The van der Waals surface area contributed by atoms with Gasteiger partial charge in [0.05, 0.1) is 4.90 Å². The molecule has 1 unspecified atom stereocenters. The first-order valence-corrected chi connectivity index (χ1v) is 9.12. The van der Waals surface area contributed by atoms with Crippen molar-refractivity contribution in [3.8, 4) is 0 Å². The van der Waals surface area contributed by atoms with Gasteiger partial charge < -0.3 is 9.93 Å². The molecule has 1 aromatic carbocycles. The molecule has 22 heavy (non-hydrogen) atoms. The topological polar surface area (TPSA) is 60.6 Å². The fourth-order valence-electron chi connectivity index (χ4n) is 5.35. The summed E-state index contributed by atoms with van der Waals surface area (Å²) in [5.74, 6) is 4.45. The number of benzene rings is 1. The van der Waals surface area contributed by atoms with Crippen molar-refractivity contribution in [2.45, 2.75) is 24.7 Å². The first-order valence-electron chi connectivity index (χ1n) is 7.68. The standard InChI is InChI=1S/C16H17N2O2S.Na/c1-8-2-4-10(5-3-8)21(19,20)18-17-16-12-7-9-6-11(12)14-13(9)15(14)16;/h2-5,9,11-15H,6-7H2,1H3;/q-1;+1/b17-16-;/t9-,11+,12-,13+,14-,15?;/m1./s1. The average molecular weight is 324 g/mol. The molecule has 5 rings (SSSR count). The van der Waals surface area contributed by atoms with Crippen molar-refractivity contribution in [2.75, 3.05) is 0 Å². The third kappa shape index (κ3) is 1.92. The minimum Gasteiger partial charge on any atom is -0.491 e. The van der Waals surface area contributed by atoms with Crippen LogP contribution in [0.4, 0.5) is 0 Å². The van der Waals surface area contributed by atoms with Crippen LogP contribution in [0.15, 0.2) is 34.3 Å². The molecule has 1 aromatic rings. The average Bonchev–Trinajstić information content (AvgIpc) is 2.81. The van der Waals surface area contributed by atoms with Crippen molar-refractivity contribution in [1.82, 2.24) is 0 Å². The van der Waals surface area contributed by atoms with Gasteiger partial charge in [0.2, 0.25) is 0 Å². The van der Waals surface area contributed by atoms with E-state index in [0.717, 1.165) is 34.9 Å². The van der Waals surface area contributed by atoms with E-state index in [-0.39, 0.29) is 34.5 Å². The van der Waals surface area contributed by atoms with Crippen molar-refractivity contribution in [3.05, 3.63) is 34.7 Å². The summed E-state index contributed by atoms with van der Waals surface area (Å²) in [7, 11) is -3.65. The minimum absolute atomic E-state index is 0. The van der Waals surface area contributed by atoms with Gasteiger partial charge in [-0.25, -0.2) is 8.42 Å². The molecule has 0 N–H and O–H groups in total. The van der Waals surface area contributed by atoms with Gasteiger partial charge in [-0.15, -0.1) is 0 Å². The summed E-state index contributed by atoms with van der Waals surface area (Å²) >= 11 is 0. The molecule has 0 radical (unpaired) electrons. The second kappa shape index (κ2) is 4.82. The molecule has 4 fully saturated rings. The van der Waals surface area contributed by atoms with Gasteiger partial charge in [-0.3, -0.25) is 0 Å². The van der Waals surface area contributed by atoms with Gasteiger partial charge in [-0.1, -0.05) is 17.7 Å². The third-order valence-electron chi connectivity index (χ3n) is 6.12. The summed E-state index contributed by atoms with van der Waals surface area (Å²) in [4.78, 5) is 3.98. The second-order valence-electron chi connectivity index (χ2n) is 7.08. The van der Waals surface area contributed by atoms with E-state index in [1.807, 2.05) is 6.92 Å². The van der Waals surface area contributed by atoms with E-state index in [4.69, 9.17) is 0 Å². The number of nitrogens with zero attached hydrogens (tertiary/aromatic N) is 2. The SMILES string of the molecule is Cc1ccc(S(=O)(=O)[N-]/N=C2\C3[C@@H]4[C@H]5C[C@H](C[C@@H]25)[C@H]34)cc1.[Na+]. The van der Waals surface area contributed by atoms with E-state index in [1.165, 1.54) is 12.8 Å². The molecular formula is C16H17N2NaO2S. The number of hydrogen-bond donors (Lipinski definition) is 0. The van der Waals surface area contributed by atoms with Crippen LogP contribution in [0.1, 0.15) is 18.4 Å². The Morgan fingerprint density at radius 3 is 2.45 bits per heavy atom. The van der Waals surface area contributed by atoms with Crippen LogP contribution >= 0.6 is 0 Å². The largest absolute Gasteiger partial charge is 1.00 e. The summed E-state index contributed by atoms with van der Waals surface area (Å²) in [5, 5.41) is 4.23. The number of sulfonamides is 1. The fourth-order valence-corrected chi connectivity index (χ4v) is 6.13. The normalized spacial score (nSPS) is 41.6. The Morgan fingerprint density at radius 1 is 1.14 bits per heavy atom. The first-order chi connectivity index (χ1) is 10.1. The Bertz CT molecular complexity index is 755. The molecule has 6 heteroatoms. The Hall–Kier alpha value is -0.360. The van der Waals surface area contributed by atoms with Crippen LogP contribution in [0.5, 0.6) is 0 Å². The second-order valence-corrected chi connectivity index (χ2v) is 8.66. The maximum absolute atomic E-state index is 12.2. The zero-order valence-electron chi connectivity index (χ0n) is 12.8. The summed E-state index contributed by atoms with van der Waals surface area (Å²) in [5.41, 5.74) is 2.13. The van der Waals surface area contributed by atoms with Crippen LogP contribution in [-0.4, -0.2) is 14.1 Å². The first kappa shape index (κ1) is 15.2. The van der Waals surface area contributed by atoms with Crippen LogP contribution < -0.4 is 29.6 Å². The molecule has 6 atom stereocenters. The molecule has 0 amide bonds. The Kier molecular flexibility index (Phi) is 3.33. The predicted octanol–water partition coefficient (Wildman–Crippen LogP) is -0.0508. The molecule has 4 aliphatic carbocycles. The van der Waals surface area contributed by atoms with Gasteiger partial charge in [0.25, 0.3) is 0 Å². The molecule has 0 spiro atoms. The van der Waals surface area contributed by atoms with E-state index >= 15 is 0 Å². The van der Waals surface area contributed by atoms with E-state index in [0.29, 0.717) is 11.8 Å². The minimum atomic E-state index is -3.65. The summed E-state index contributed by atoms with van der Waals surface area (Å²) < 4.78 is 24.5. The molecule has 0 saturated heterocycles. The molecular weight excluding hydrogens is 307 g/mol. The van der Waals surface area contributed by atoms with Crippen molar-refractivity contribution in [1.29, 1.82) is 0 Å².